The van der Waals surface area contributed by atoms with E-state index in [0.29, 0.717) is 17.0 Å². The van der Waals surface area contributed by atoms with Crippen molar-refractivity contribution in [2.75, 3.05) is 5.32 Å². The van der Waals surface area contributed by atoms with Crippen LogP contribution < -0.4 is 5.32 Å². The minimum absolute atomic E-state index is 0.132. The summed E-state index contributed by atoms with van der Waals surface area (Å²) >= 11 is 0. The van der Waals surface area contributed by atoms with Gasteiger partial charge in [0.1, 0.15) is 5.70 Å². The summed E-state index contributed by atoms with van der Waals surface area (Å²) in [6.45, 7) is 4.15. The summed E-state index contributed by atoms with van der Waals surface area (Å²) in [5.41, 5.74) is 5.03. The van der Waals surface area contributed by atoms with E-state index in [2.05, 4.69) is 10.3 Å². The van der Waals surface area contributed by atoms with Crippen molar-refractivity contribution in [1.82, 2.24) is 9.88 Å². The first-order valence-electron chi connectivity index (χ1n) is 9.44. The third kappa shape index (κ3) is 3.67. The molecule has 0 saturated heterocycles. The standard InChI is InChI=1S/C24H21N3O2/c1-16-11-12-18(14-17(16)2)21-22(26-19-8-4-3-5-9-19)24(29)27(23(21)28)15-20-10-6-7-13-25-20/h3-14,26H,15H2,1-2H3. The molecule has 0 aliphatic carbocycles. The molecule has 0 saturated carbocycles. The van der Waals surface area contributed by atoms with E-state index in [-0.39, 0.29) is 18.4 Å². The lowest BCUT2D eigenvalue weighted by molar-refractivity contribution is -0.137. The Kier molecular flexibility index (Phi) is 4.96. The van der Waals surface area contributed by atoms with E-state index in [4.69, 9.17) is 0 Å². The highest BCUT2D eigenvalue weighted by Gasteiger charge is 2.39. The van der Waals surface area contributed by atoms with E-state index < -0.39 is 0 Å². The fraction of sp³-hybridized carbons (Fsp3) is 0.125. The normalized spacial score (nSPS) is 13.9. The average molecular weight is 383 g/mol. The molecule has 29 heavy (non-hydrogen) atoms. The topological polar surface area (TPSA) is 62.3 Å². The zero-order valence-electron chi connectivity index (χ0n) is 16.3. The molecule has 1 aliphatic rings. The Morgan fingerprint density at radius 3 is 2.31 bits per heavy atom. The van der Waals surface area contributed by atoms with E-state index in [1.807, 2.05) is 68.4 Å². The largest absolute Gasteiger partial charge is 0.350 e. The molecule has 1 N–H and O–H groups in total. The summed E-state index contributed by atoms with van der Waals surface area (Å²) in [6, 6.07) is 20.7. The number of anilines is 1. The van der Waals surface area contributed by atoms with E-state index in [0.717, 1.165) is 22.4 Å². The molecule has 2 aromatic carbocycles. The second-order valence-corrected chi connectivity index (χ2v) is 7.06. The van der Waals surface area contributed by atoms with Crippen LogP contribution in [0.3, 0.4) is 0 Å². The van der Waals surface area contributed by atoms with Crippen LogP contribution in [-0.2, 0) is 16.1 Å². The minimum atomic E-state index is -0.349. The number of amides is 2. The van der Waals surface area contributed by atoms with Gasteiger partial charge in [-0.25, -0.2) is 0 Å². The number of aromatic nitrogens is 1. The van der Waals surface area contributed by atoms with Crippen molar-refractivity contribution in [3.8, 4) is 0 Å². The zero-order chi connectivity index (χ0) is 20.4. The van der Waals surface area contributed by atoms with Gasteiger partial charge in [0.15, 0.2) is 0 Å². The highest BCUT2D eigenvalue weighted by Crippen LogP contribution is 2.32. The van der Waals surface area contributed by atoms with Crippen LogP contribution >= 0.6 is 0 Å². The number of nitrogens with zero attached hydrogens (tertiary/aromatic N) is 2. The molecule has 0 radical (unpaired) electrons. The van der Waals surface area contributed by atoms with Gasteiger partial charge in [0, 0.05) is 11.9 Å². The van der Waals surface area contributed by atoms with Crippen LogP contribution in [0.2, 0.25) is 0 Å². The molecule has 4 rings (SSSR count). The number of hydrogen-bond donors (Lipinski definition) is 1. The number of carbonyl (C=O) groups is 2. The fourth-order valence-corrected chi connectivity index (χ4v) is 3.32. The van der Waals surface area contributed by atoms with Crippen molar-refractivity contribution < 1.29 is 9.59 Å². The van der Waals surface area contributed by atoms with Gasteiger partial charge < -0.3 is 5.32 Å². The molecule has 0 fully saturated rings. The van der Waals surface area contributed by atoms with Crippen LogP contribution in [0.25, 0.3) is 5.57 Å². The maximum absolute atomic E-state index is 13.3. The van der Waals surface area contributed by atoms with Crippen LogP contribution in [0.4, 0.5) is 5.69 Å². The Labute approximate surface area is 169 Å². The number of nitrogens with one attached hydrogen (secondary N) is 1. The average Bonchev–Trinajstić information content (AvgIpc) is 2.96. The molecule has 2 heterocycles. The van der Waals surface area contributed by atoms with Gasteiger partial charge in [0.25, 0.3) is 11.8 Å². The Morgan fingerprint density at radius 2 is 1.62 bits per heavy atom. The van der Waals surface area contributed by atoms with Crippen LogP contribution in [0, 0.1) is 13.8 Å². The summed E-state index contributed by atoms with van der Waals surface area (Å²) in [6.07, 6.45) is 1.65. The predicted octanol–water partition coefficient (Wildman–Crippen LogP) is 4.09. The maximum Gasteiger partial charge on any atom is 0.278 e. The molecule has 1 aromatic heterocycles. The lowest BCUT2D eigenvalue weighted by Crippen LogP contribution is -2.32. The molecule has 5 heteroatoms. The summed E-state index contributed by atoms with van der Waals surface area (Å²) < 4.78 is 0. The molecular weight excluding hydrogens is 362 g/mol. The molecule has 1 aliphatic heterocycles. The summed E-state index contributed by atoms with van der Waals surface area (Å²) in [5, 5.41) is 3.17. The van der Waals surface area contributed by atoms with Crippen molar-refractivity contribution in [3.63, 3.8) is 0 Å². The van der Waals surface area contributed by atoms with Gasteiger partial charge in [-0.15, -0.1) is 0 Å². The Balaban J connectivity index is 1.77. The van der Waals surface area contributed by atoms with Crippen LogP contribution in [-0.4, -0.2) is 21.7 Å². The summed E-state index contributed by atoms with van der Waals surface area (Å²) in [5.74, 6) is -0.667. The molecule has 5 nitrogen and oxygen atoms in total. The van der Waals surface area contributed by atoms with E-state index in [1.165, 1.54) is 4.90 Å². The Hall–Kier alpha value is -3.73. The second kappa shape index (κ2) is 7.72. The highest BCUT2D eigenvalue weighted by atomic mass is 16.2. The molecule has 144 valence electrons. The first-order chi connectivity index (χ1) is 14.0. The first-order valence-corrected chi connectivity index (χ1v) is 9.44. The number of carbonyl (C=O) groups excluding carboxylic acids is 2. The number of hydrogen-bond acceptors (Lipinski definition) is 4. The molecule has 2 amide bonds. The van der Waals surface area contributed by atoms with Crippen molar-refractivity contribution in [2.45, 2.75) is 20.4 Å². The highest BCUT2D eigenvalue weighted by molar-refractivity contribution is 6.36. The lowest BCUT2D eigenvalue weighted by atomic mass is 9.99. The number of benzene rings is 2. The quantitative estimate of drug-likeness (QED) is 0.674. The van der Waals surface area contributed by atoms with Gasteiger partial charge in [-0.05, 0) is 54.8 Å². The van der Waals surface area contributed by atoms with E-state index in [1.54, 1.807) is 18.3 Å². The predicted molar refractivity (Wildman–Crippen MR) is 113 cm³/mol. The number of rotatable bonds is 5. The SMILES string of the molecule is Cc1ccc(C2=C(Nc3ccccc3)C(=O)N(Cc3ccccn3)C2=O)cc1C. The number of pyridine rings is 1. The smallest absolute Gasteiger partial charge is 0.278 e. The van der Waals surface area contributed by atoms with Crippen LogP contribution in [0.1, 0.15) is 22.4 Å². The van der Waals surface area contributed by atoms with E-state index >= 15 is 0 Å². The molecular formula is C24H21N3O2. The third-order valence-corrected chi connectivity index (χ3v) is 5.05. The van der Waals surface area contributed by atoms with E-state index in [9.17, 15) is 9.59 Å². The number of aryl methyl sites for hydroxylation is 2. The molecule has 0 atom stereocenters. The maximum atomic E-state index is 13.3. The molecule has 0 unspecified atom stereocenters. The van der Waals surface area contributed by atoms with Gasteiger partial charge >= 0.3 is 0 Å². The first kappa shape index (κ1) is 18.6. The minimum Gasteiger partial charge on any atom is -0.350 e. The second-order valence-electron chi connectivity index (χ2n) is 7.06. The lowest BCUT2D eigenvalue weighted by Gasteiger charge is -2.14. The third-order valence-electron chi connectivity index (χ3n) is 5.05. The Morgan fingerprint density at radius 1 is 0.862 bits per heavy atom. The number of imide groups is 1. The Bertz CT molecular complexity index is 1110. The summed E-state index contributed by atoms with van der Waals surface area (Å²) in [4.78, 5) is 32.0. The van der Waals surface area contributed by atoms with Crippen molar-refractivity contribution in [2.24, 2.45) is 0 Å². The van der Waals surface area contributed by atoms with Crippen molar-refractivity contribution in [1.29, 1.82) is 0 Å². The fourth-order valence-electron chi connectivity index (χ4n) is 3.32. The molecule has 3 aromatic rings. The zero-order valence-corrected chi connectivity index (χ0v) is 16.3. The van der Waals surface area contributed by atoms with Gasteiger partial charge in [-0.2, -0.15) is 0 Å². The van der Waals surface area contributed by atoms with Gasteiger partial charge in [-0.1, -0.05) is 42.5 Å². The van der Waals surface area contributed by atoms with Gasteiger partial charge in [-0.3, -0.25) is 19.5 Å². The number of para-hydroxylation sites is 1. The van der Waals surface area contributed by atoms with Crippen LogP contribution in [0.15, 0.2) is 78.6 Å². The molecule has 0 spiro atoms. The van der Waals surface area contributed by atoms with Crippen LogP contribution in [0.5, 0.6) is 0 Å². The van der Waals surface area contributed by atoms with Crippen molar-refractivity contribution in [3.05, 3.63) is 101 Å². The van der Waals surface area contributed by atoms with Gasteiger partial charge in [0.05, 0.1) is 17.8 Å². The molecule has 0 bridgehead atoms. The van der Waals surface area contributed by atoms with Gasteiger partial charge in [0.2, 0.25) is 0 Å². The summed E-state index contributed by atoms with van der Waals surface area (Å²) in [7, 11) is 0. The van der Waals surface area contributed by atoms with Crippen molar-refractivity contribution >= 4 is 23.1 Å². The monoisotopic (exact) mass is 383 g/mol.